The molecule has 0 atom stereocenters. The average molecular weight is 226 g/mol. The van der Waals surface area contributed by atoms with Gasteiger partial charge >= 0.3 is 0 Å². The first kappa shape index (κ1) is 15.2. The summed E-state index contributed by atoms with van der Waals surface area (Å²) >= 11 is 0. The Balaban J connectivity index is 3.20. The minimum Gasteiger partial charge on any atom is -0.353 e. The highest BCUT2D eigenvalue weighted by Crippen LogP contribution is 2.06. The first-order valence-corrected chi connectivity index (χ1v) is 6.43. The van der Waals surface area contributed by atoms with Crippen molar-refractivity contribution in [1.82, 2.24) is 5.32 Å². The highest BCUT2D eigenvalue weighted by atomic mass is 16.1. The van der Waals surface area contributed by atoms with E-state index in [0.29, 0.717) is 19.5 Å². The molecule has 0 radical (unpaired) electrons. The van der Waals surface area contributed by atoms with Gasteiger partial charge in [-0.3, -0.25) is 4.79 Å². The number of hydrogen-bond donors (Lipinski definition) is 2. The molecule has 0 bridgehead atoms. The van der Waals surface area contributed by atoms with Crippen molar-refractivity contribution in [2.24, 2.45) is 5.73 Å². The van der Waals surface area contributed by atoms with Crippen LogP contribution >= 0.6 is 0 Å². The van der Waals surface area contributed by atoms with E-state index < -0.39 is 0 Å². The molecule has 0 aromatic carbocycles. The molecule has 1 amide bonds. The third-order valence-corrected chi connectivity index (χ3v) is 2.48. The molecule has 0 unspecified atom stereocenters. The van der Waals surface area contributed by atoms with Crippen molar-refractivity contribution < 1.29 is 4.79 Å². The van der Waals surface area contributed by atoms with Crippen LogP contribution in [0.1, 0.15) is 51.9 Å². The number of hydrogen-bond acceptors (Lipinski definition) is 2. The molecule has 0 fully saturated rings. The summed E-state index contributed by atoms with van der Waals surface area (Å²) in [6.07, 6.45) is 11.7. The van der Waals surface area contributed by atoms with Crippen LogP contribution in [0, 0.1) is 0 Å². The Bertz CT molecular complexity index is 190. The van der Waals surface area contributed by atoms with E-state index in [9.17, 15) is 4.79 Å². The number of carbonyl (C=O) groups is 1. The monoisotopic (exact) mass is 226 g/mol. The Morgan fingerprint density at radius 2 is 1.81 bits per heavy atom. The Kier molecular flexibility index (Phi) is 11.6. The molecule has 0 aromatic heterocycles. The average Bonchev–Trinajstić information content (AvgIpc) is 2.29. The van der Waals surface area contributed by atoms with Gasteiger partial charge in [-0.2, -0.15) is 0 Å². The van der Waals surface area contributed by atoms with Crippen molar-refractivity contribution >= 4 is 5.91 Å². The number of nitrogens with one attached hydrogen (secondary N) is 1. The zero-order chi connectivity index (χ0) is 12.1. The van der Waals surface area contributed by atoms with E-state index in [1.54, 1.807) is 0 Å². The highest BCUT2D eigenvalue weighted by molar-refractivity contribution is 5.75. The Hall–Kier alpha value is -0.830. The van der Waals surface area contributed by atoms with Gasteiger partial charge in [0.05, 0.1) is 0 Å². The van der Waals surface area contributed by atoms with Crippen molar-refractivity contribution in [2.75, 3.05) is 13.1 Å². The van der Waals surface area contributed by atoms with Gasteiger partial charge in [0.2, 0.25) is 5.91 Å². The van der Waals surface area contributed by atoms with Crippen LogP contribution in [0.2, 0.25) is 0 Å². The lowest BCUT2D eigenvalue weighted by molar-refractivity contribution is -0.121. The van der Waals surface area contributed by atoms with Gasteiger partial charge in [-0.05, 0) is 6.42 Å². The lowest BCUT2D eigenvalue weighted by atomic mass is 10.1. The summed E-state index contributed by atoms with van der Waals surface area (Å²) in [6, 6.07) is 0. The van der Waals surface area contributed by atoms with Gasteiger partial charge < -0.3 is 11.1 Å². The van der Waals surface area contributed by atoms with Crippen LogP contribution in [0.15, 0.2) is 12.2 Å². The van der Waals surface area contributed by atoms with Crippen LogP contribution in [0.5, 0.6) is 0 Å². The quantitative estimate of drug-likeness (QED) is 0.444. The normalized spacial score (nSPS) is 10.9. The predicted octanol–water partition coefficient (Wildman–Crippen LogP) is 2.37. The smallest absolute Gasteiger partial charge is 0.220 e. The molecular formula is C13H26N2O. The first-order chi connectivity index (χ1) is 7.81. The van der Waals surface area contributed by atoms with Gasteiger partial charge in [0.1, 0.15) is 0 Å². The van der Waals surface area contributed by atoms with Crippen molar-refractivity contribution in [1.29, 1.82) is 0 Å². The first-order valence-electron chi connectivity index (χ1n) is 6.43. The fraction of sp³-hybridized carbons (Fsp3) is 0.769. The molecule has 0 aliphatic carbocycles. The Morgan fingerprint density at radius 1 is 1.12 bits per heavy atom. The molecule has 94 valence electrons. The Labute approximate surface area is 99.5 Å². The van der Waals surface area contributed by atoms with Crippen LogP contribution in [-0.4, -0.2) is 19.0 Å². The van der Waals surface area contributed by atoms with Gasteiger partial charge in [0.25, 0.3) is 0 Å². The van der Waals surface area contributed by atoms with E-state index in [1.165, 1.54) is 32.1 Å². The van der Waals surface area contributed by atoms with Crippen molar-refractivity contribution in [3.8, 4) is 0 Å². The summed E-state index contributed by atoms with van der Waals surface area (Å²) in [5, 5.41) is 2.84. The third kappa shape index (κ3) is 11.2. The standard InChI is InChI=1S/C13H26N2O/c1-2-3-4-5-6-7-10-13(16)15-12-9-8-11-14/h8-9H,2-7,10-12,14H2,1H3,(H,15,16)/b9-8+. The topological polar surface area (TPSA) is 55.1 Å². The number of rotatable bonds is 10. The molecule has 16 heavy (non-hydrogen) atoms. The van der Waals surface area contributed by atoms with Crippen LogP contribution in [0.25, 0.3) is 0 Å². The largest absolute Gasteiger partial charge is 0.353 e. The summed E-state index contributed by atoms with van der Waals surface area (Å²) in [6.45, 7) is 3.35. The minimum atomic E-state index is 0.150. The fourth-order valence-corrected chi connectivity index (χ4v) is 1.51. The summed E-state index contributed by atoms with van der Waals surface area (Å²) in [5.74, 6) is 0.150. The molecule has 0 rings (SSSR count). The van der Waals surface area contributed by atoms with Gasteiger partial charge in [0, 0.05) is 19.5 Å². The van der Waals surface area contributed by atoms with Crippen LogP contribution < -0.4 is 11.1 Å². The SMILES string of the molecule is CCCCCCCCC(=O)NC/C=C/CN. The molecule has 0 aliphatic heterocycles. The molecule has 3 N–H and O–H groups in total. The summed E-state index contributed by atoms with van der Waals surface area (Å²) in [4.78, 5) is 11.3. The van der Waals surface area contributed by atoms with Crippen LogP contribution in [0.3, 0.4) is 0 Å². The summed E-state index contributed by atoms with van der Waals surface area (Å²) < 4.78 is 0. The van der Waals surface area contributed by atoms with Gasteiger partial charge in [-0.25, -0.2) is 0 Å². The second kappa shape index (κ2) is 12.2. The second-order valence-corrected chi connectivity index (χ2v) is 4.03. The summed E-state index contributed by atoms with van der Waals surface area (Å²) in [5.41, 5.74) is 5.28. The highest BCUT2D eigenvalue weighted by Gasteiger charge is 1.98. The fourth-order valence-electron chi connectivity index (χ4n) is 1.51. The predicted molar refractivity (Wildman–Crippen MR) is 69.2 cm³/mol. The van der Waals surface area contributed by atoms with Gasteiger partial charge in [-0.1, -0.05) is 51.2 Å². The zero-order valence-electron chi connectivity index (χ0n) is 10.5. The van der Waals surface area contributed by atoms with E-state index in [-0.39, 0.29) is 5.91 Å². The lowest BCUT2D eigenvalue weighted by Gasteiger charge is -2.02. The van der Waals surface area contributed by atoms with E-state index in [4.69, 9.17) is 5.73 Å². The molecule has 0 saturated heterocycles. The minimum absolute atomic E-state index is 0.150. The van der Waals surface area contributed by atoms with Crippen molar-refractivity contribution in [3.05, 3.63) is 12.2 Å². The molecule has 0 aliphatic rings. The number of unbranched alkanes of at least 4 members (excludes halogenated alkanes) is 5. The molecule has 0 aromatic rings. The van der Waals surface area contributed by atoms with Gasteiger partial charge in [0.15, 0.2) is 0 Å². The lowest BCUT2D eigenvalue weighted by Crippen LogP contribution is -2.22. The molecule has 0 heterocycles. The molecule has 3 nitrogen and oxygen atoms in total. The number of nitrogens with two attached hydrogens (primary N) is 1. The number of carbonyl (C=O) groups excluding carboxylic acids is 1. The molecule has 0 saturated carbocycles. The van der Waals surface area contributed by atoms with Crippen molar-refractivity contribution in [3.63, 3.8) is 0 Å². The summed E-state index contributed by atoms with van der Waals surface area (Å²) in [7, 11) is 0. The maximum Gasteiger partial charge on any atom is 0.220 e. The van der Waals surface area contributed by atoms with Gasteiger partial charge in [-0.15, -0.1) is 0 Å². The van der Waals surface area contributed by atoms with E-state index in [0.717, 1.165) is 6.42 Å². The van der Waals surface area contributed by atoms with E-state index in [1.807, 2.05) is 12.2 Å². The zero-order valence-corrected chi connectivity index (χ0v) is 10.5. The second-order valence-electron chi connectivity index (χ2n) is 4.03. The van der Waals surface area contributed by atoms with E-state index in [2.05, 4.69) is 12.2 Å². The molecule has 3 heteroatoms. The third-order valence-electron chi connectivity index (χ3n) is 2.48. The van der Waals surface area contributed by atoms with Crippen LogP contribution in [-0.2, 0) is 4.79 Å². The van der Waals surface area contributed by atoms with E-state index >= 15 is 0 Å². The number of amides is 1. The molecular weight excluding hydrogens is 200 g/mol. The Morgan fingerprint density at radius 3 is 2.50 bits per heavy atom. The van der Waals surface area contributed by atoms with Crippen molar-refractivity contribution in [2.45, 2.75) is 51.9 Å². The molecule has 0 spiro atoms. The van der Waals surface area contributed by atoms with Crippen LogP contribution in [0.4, 0.5) is 0 Å². The maximum absolute atomic E-state index is 11.3. The maximum atomic E-state index is 11.3.